The molecule has 2 heterocycles. The molecule has 1 saturated heterocycles. The zero-order valence-corrected chi connectivity index (χ0v) is 7.90. The summed E-state index contributed by atoms with van der Waals surface area (Å²) in [5, 5.41) is 0. The number of fused-ring (bicyclic) bond motifs is 2. The lowest BCUT2D eigenvalue weighted by Crippen LogP contribution is -2.29. The number of carbonyl (C=O) groups excluding carboxylic acids is 1. The van der Waals surface area contributed by atoms with Gasteiger partial charge in [0.15, 0.2) is 0 Å². The molecule has 0 aromatic carbocycles. The minimum absolute atomic E-state index is 0.0301. The van der Waals surface area contributed by atoms with E-state index in [1.807, 2.05) is 6.92 Å². The summed E-state index contributed by atoms with van der Waals surface area (Å²) in [5.41, 5.74) is 0. The molecule has 2 aliphatic rings. The first kappa shape index (κ1) is 8.75. The van der Waals surface area contributed by atoms with Crippen molar-refractivity contribution in [2.24, 2.45) is 5.92 Å². The van der Waals surface area contributed by atoms with Crippen molar-refractivity contribution in [1.82, 2.24) is 0 Å². The van der Waals surface area contributed by atoms with Crippen molar-refractivity contribution in [2.75, 3.05) is 0 Å². The topological polar surface area (TPSA) is 35.5 Å². The maximum Gasteiger partial charge on any atom is 0.302 e. The second-order valence-corrected chi connectivity index (χ2v) is 3.74. The van der Waals surface area contributed by atoms with Crippen LogP contribution in [-0.4, -0.2) is 24.3 Å². The second-order valence-electron chi connectivity index (χ2n) is 3.74. The van der Waals surface area contributed by atoms with E-state index in [-0.39, 0.29) is 24.3 Å². The normalized spacial score (nSPS) is 37.8. The highest BCUT2D eigenvalue weighted by atomic mass is 16.5. The van der Waals surface area contributed by atoms with Crippen LogP contribution in [0.3, 0.4) is 0 Å². The van der Waals surface area contributed by atoms with Crippen molar-refractivity contribution >= 4 is 5.97 Å². The minimum atomic E-state index is -0.209. The average molecular weight is 182 g/mol. The Morgan fingerprint density at radius 2 is 2.38 bits per heavy atom. The van der Waals surface area contributed by atoms with Crippen LogP contribution in [0.2, 0.25) is 0 Å². The summed E-state index contributed by atoms with van der Waals surface area (Å²) in [5.74, 6) is 0.137. The van der Waals surface area contributed by atoms with Gasteiger partial charge in [-0.2, -0.15) is 0 Å². The third-order valence-electron chi connectivity index (χ3n) is 2.73. The van der Waals surface area contributed by atoms with Crippen LogP contribution in [0.1, 0.15) is 20.3 Å². The number of ether oxygens (including phenoxy) is 2. The number of hydrogen-bond acceptors (Lipinski definition) is 3. The largest absolute Gasteiger partial charge is 0.462 e. The van der Waals surface area contributed by atoms with Crippen molar-refractivity contribution in [1.29, 1.82) is 0 Å². The molecule has 0 aliphatic carbocycles. The van der Waals surface area contributed by atoms with Gasteiger partial charge in [0, 0.05) is 12.8 Å². The monoisotopic (exact) mass is 182 g/mol. The molecule has 0 amide bonds. The van der Waals surface area contributed by atoms with Crippen LogP contribution in [0.15, 0.2) is 12.2 Å². The highest BCUT2D eigenvalue weighted by Gasteiger charge is 2.40. The van der Waals surface area contributed by atoms with E-state index < -0.39 is 0 Å². The average Bonchev–Trinajstić information content (AvgIpc) is 2.62. The molecule has 13 heavy (non-hydrogen) atoms. The van der Waals surface area contributed by atoms with Crippen LogP contribution in [0.5, 0.6) is 0 Å². The Hall–Kier alpha value is -0.830. The molecule has 0 aromatic rings. The van der Waals surface area contributed by atoms with Crippen molar-refractivity contribution < 1.29 is 14.3 Å². The van der Waals surface area contributed by atoms with Crippen LogP contribution in [0.4, 0.5) is 0 Å². The molecule has 4 unspecified atom stereocenters. The Kier molecular flexibility index (Phi) is 2.12. The number of esters is 1. The maximum atomic E-state index is 10.7. The molecule has 4 atom stereocenters. The highest BCUT2D eigenvalue weighted by molar-refractivity contribution is 5.66. The molecule has 2 aliphatic heterocycles. The quantitative estimate of drug-likeness (QED) is 0.476. The van der Waals surface area contributed by atoms with E-state index in [0.717, 1.165) is 6.42 Å². The molecule has 0 saturated carbocycles. The van der Waals surface area contributed by atoms with Crippen LogP contribution in [0, 0.1) is 5.92 Å². The summed E-state index contributed by atoms with van der Waals surface area (Å²) in [6.07, 6.45) is 5.53. The Bertz CT molecular complexity index is 247. The van der Waals surface area contributed by atoms with Gasteiger partial charge in [0.25, 0.3) is 0 Å². The maximum absolute atomic E-state index is 10.7. The van der Waals surface area contributed by atoms with Gasteiger partial charge in [-0.15, -0.1) is 0 Å². The molecule has 2 rings (SSSR count). The predicted octanol–water partition coefficient (Wildman–Crippen LogP) is 1.28. The first-order valence-electron chi connectivity index (χ1n) is 4.68. The van der Waals surface area contributed by atoms with Gasteiger partial charge in [-0.3, -0.25) is 4.79 Å². The van der Waals surface area contributed by atoms with Crippen LogP contribution in [-0.2, 0) is 14.3 Å². The molecule has 3 heteroatoms. The molecule has 0 radical (unpaired) electrons. The van der Waals surface area contributed by atoms with Gasteiger partial charge in [-0.05, 0) is 13.3 Å². The SMILES string of the molecule is CC(=O)OC(C)C1CC2C=CC1O2. The smallest absolute Gasteiger partial charge is 0.302 e. The summed E-state index contributed by atoms with van der Waals surface area (Å²) in [4.78, 5) is 10.7. The van der Waals surface area contributed by atoms with E-state index in [4.69, 9.17) is 9.47 Å². The second kappa shape index (κ2) is 3.14. The van der Waals surface area contributed by atoms with Crippen LogP contribution in [0.25, 0.3) is 0 Å². The first-order valence-corrected chi connectivity index (χ1v) is 4.68. The van der Waals surface area contributed by atoms with Gasteiger partial charge in [0.05, 0.1) is 12.2 Å². The van der Waals surface area contributed by atoms with Gasteiger partial charge < -0.3 is 9.47 Å². The lowest BCUT2D eigenvalue weighted by atomic mass is 9.90. The summed E-state index contributed by atoms with van der Waals surface area (Å²) in [6.45, 7) is 3.38. The summed E-state index contributed by atoms with van der Waals surface area (Å²) in [6, 6.07) is 0. The number of hydrogen-bond donors (Lipinski definition) is 0. The van der Waals surface area contributed by atoms with Crippen LogP contribution >= 0.6 is 0 Å². The molecule has 0 spiro atoms. The minimum Gasteiger partial charge on any atom is -0.462 e. The summed E-state index contributed by atoms with van der Waals surface area (Å²) in [7, 11) is 0. The number of rotatable bonds is 2. The van der Waals surface area contributed by atoms with Gasteiger partial charge >= 0.3 is 5.97 Å². The standard InChI is InChI=1S/C10H14O3/c1-6(12-7(2)11)9-5-8-3-4-10(9)13-8/h3-4,6,8-10H,5H2,1-2H3. The van der Waals surface area contributed by atoms with Gasteiger partial charge in [-0.1, -0.05) is 12.2 Å². The first-order chi connectivity index (χ1) is 6.16. The van der Waals surface area contributed by atoms with E-state index in [1.54, 1.807) is 0 Å². The third kappa shape index (κ3) is 1.61. The molecular weight excluding hydrogens is 168 g/mol. The molecule has 0 N–H and O–H groups in total. The summed E-state index contributed by atoms with van der Waals surface area (Å²) >= 11 is 0. The summed E-state index contributed by atoms with van der Waals surface area (Å²) < 4.78 is 10.7. The van der Waals surface area contributed by atoms with E-state index in [9.17, 15) is 4.79 Å². The van der Waals surface area contributed by atoms with Gasteiger partial charge in [0.1, 0.15) is 6.10 Å². The number of carbonyl (C=O) groups is 1. The molecular formula is C10H14O3. The Morgan fingerprint density at radius 1 is 1.62 bits per heavy atom. The molecule has 72 valence electrons. The molecule has 2 bridgehead atoms. The Labute approximate surface area is 77.7 Å². The predicted molar refractivity (Wildman–Crippen MR) is 47.1 cm³/mol. The Balaban J connectivity index is 1.95. The van der Waals surface area contributed by atoms with Crippen molar-refractivity contribution in [2.45, 2.75) is 38.6 Å². The zero-order chi connectivity index (χ0) is 9.42. The molecule has 0 aromatic heterocycles. The van der Waals surface area contributed by atoms with Crippen molar-refractivity contribution in [3.63, 3.8) is 0 Å². The van der Waals surface area contributed by atoms with Crippen molar-refractivity contribution in [3.8, 4) is 0 Å². The van der Waals surface area contributed by atoms with E-state index in [1.165, 1.54) is 6.92 Å². The highest BCUT2D eigenvalue weighted by Crippen LogP contribution is 2.36. The van der Waals surface area contributed by atoms with E-state index in [2.05, 4.69) is 12.2 Å². The van der Waals surface area contributed by atoms with Crippen molar-refractivity contribution in [3.05, 3.63) is 12.2 Å². The zero-order valence-electron chi connectivity index (χ0n) is 7.90. The van der Waals surface area contributed by atoms with E-state index in [0.29, 0.717) is 5.92 Å². The van der Waals surface area contributed by atoms with Crippen LogP contribution < -0.4 is 0 Å². The lowest BCUT2D eigenvalue weighted by Gasteiger charge is -2.22. The fourth-order valence-corrected chi connectivity index (χ4v) is 2.11. The Morgan fingerprint density at radius 3 is 2.85 bits per heavy atom. The fourth-order valence-electron chi connectivity index (χ4n) is 2.11. The lowest BCUT2D eigenvalue weighted by molar-refractivity contribution is -0.148. The van der Waals surface area contributed by atoms with Gasteiger partial charge in [-0.25, -0.2) is 0 Å². The molecule has 3 nitrogen and oxygen atoms in total. The molecule has 1 fully saturated rings. The van der Waals surface area contributed by atoms with E-state index >= 15 is 0 Å². The van der Waals surface area contributed by atoms with Gasteiger partial charge in [0.2, 0.25) is 0 Å². The fraction of sp³-hybridized carbons (Fsp3) is 0.700. The third-order valence-corrected chi connectivity index (χ3v) is 2.73.